The van der Waals surface area contributed by atoms with E-state index in [-0.39, 0.29) is 11.4 Å². The fourth-order valence-corrected chi connectivity index (χ4v) is 3.26. The zero-order chi connectivity index (χ0) is 19.7. The van der Waals surface area contributed by atoms with E-state index in [1.54, 1.807) is 24.3 Å². The van der Waals surface area contributed by atoms with Crippen molar-refractivity contribution in [2.24, 2.45) is 0 Å². The number of aromatic nitrogens is 1. The summed E-state index contributed by atoms with van der Waals surface area (Å²) in [5.74, 6) is -1.08. The van der Waals surface area contributed by atoms with Gasteiger partial charge in [0.2, 0.25) is 0 Å². The van der Waals surface area contributed by atoms with E-state index in [9.17, 15) is 19.7 Å². The topological polar surface area (TPSA) is 103 Å². The van der Waals surface area contributed by atoms with Crippen LogP contribution in [0.2, 0.25) is 0 Å². The predicted octanol–water partition coefficient (Wildman–Crippen LogP) is 3.11. The predicted molar refractivity (Wildman–Crippen MR) is 101 cm³/mol. The molecule has 8 nitrogen and oxygen atoms in total. The van der Waals surface area contributed by atoms with Crippen molar-refractivity contribution in [2.75, 3.05) is 11.4 Å². The molecular formula is C20H15N3O5. The van der Waals surface area contributed by atoms with Crippen molar-refractivity contribution in [1.82, 2.24) is 4.98 Å². The van der Waals surface area contributed by atoms with Crippen molar-refractivity contribution < 1.29 is 19.2 Å². The number of fused-ring (bicyclic) bond motifs is 1. The number of pyridine rings is 1. The number of nitro benzene ring substituents is 1. The lowest BCUT2D eigenvalue weighted by Gasteiger charge is -2.16. The Labute approximate surface area is 159 Å². The Morgan fingerprint density at radius 2 is 2.00 bits per heavy atom. The molecule has 0 radical (unpaired) electrons. The van der Waals surface area contributed by atoms with Crippen molar-refractivity contribution in [1.29, 1.82) is 0 Å². The number of non-ortho nitro benzene ring substituents is 1. The second kappa shape index (κ2) is 7.07. The van der Waals surface area contributed by atoms with Gasteiger partial charge in [0.25, 0.3) is 11.6 Å². The third kappa shape index (κ3) is 3.16. The van der Waals surface area contributed by atoms with Gasteiger partial charge in [-0.15, -0.1) is 0 Å². The molecule has 0 saturated carbocycles. The molecule has 3 aromatic rings. The number of nitro groups is 1. The minimum atomic E-state index is -0.951. The van der Waals surface area contributed by atoms with Gasteiger partial charge in [-0.2, -0.15) is 0 Å². The Morgan fingerprint density at radius 3 is 2.82 bits per heavy atom. The van der Waals surface area contributed by atoms with Gasteiger partial charge < -0.3 is 9.64 Å². The number of ether oxygens (including phenoxy) is 1. The Morgan fingerprint density at radius 1 is 1.18 bits per heavy atom. The summed E-state index contributed by atoms with van der Waals surface area (Å²) in [4.78, 5) is 41.2. The van der Waals surface area contributed by atoms with Gasteiger partial charge in [0.15, 0.2) is 11.8 Å². The van der Waals surface area contributed by atoms with Crippen LogP contribution >= 0.6 is 0 Å². The molecule has 4 rings (SSSR count). The van der Waals surface area contributed by atoms with Gasteiger partial charge >= 0.3 is 5.97 Å². The first-order chi connectivity index (χ1) is 13.5. The number of carbonyl (C=O) groups is 2. The van der Waals surface area contributed by atoms with E-state index in [1.807, 2.05) is 12.1 Å². The molecule has 28 heavy (non-hydrogen) atoms. The maximum Gasteiger partial charge on any atom is 0.358 e. The average molecular weight is 377 g/mol. The van der Waals surface area contributed by atoms with Crippen LogP contribution in [-0.4, -0.2) is 34.4 Å². The van der Waals surface area contributed by atoms with Crippen LogP contribution in [0.5, 0.6) is 0 Å². The van der Waals surface area contributed by atoms with Gasteiger partial charge in [-0.1, -0.05) is 30.3 Å². The lowest BCUT2D eigenvalue weighted by atomic mass is 10.1. The molecule has 140 valence electrons. The molecule has 1 aromatic heterocycles. The fraction of sp³-hybridized carbons (Fsp3) is 0.150. The number of anilines is 1. The fourth-order valence-electron chi connectivity index (χ4n) is 3.26. The van der Waals surface area contributed by atoms with Gasteiger partial charge in [0.1, 0.15) is 0 Å². The molecule has 8 heteroatoms. The quantitative estimate of drug-likeness (QED) is 0.393. The average Bonchev–Trinajstić information content (AvgIpc) is 3.07. The maximum absolute atomic E-state index is 12.7. The highest BCUT2D eigenvalue weighted by atomic mass is 16.6. The summed E-state index contributed by atoms with van der Waals surface area (Å²) in [5.41, 5.74) is 0.450. The van der Waals surface area contributed by atoms with E-state index in [2.05, 4.69) is 4.98 Å². The summed E-state index contributed by atoms with van der Waals surface area (Å²) >= 11 is 0. The molecule has 1 unspecified atom stereocenters. The number of rotatable bonds is 4. The van der Waals surface area contributed by atoms with E-state index in [1.165, 1.54) is 29.3 Å². The summed E-state index contributed by atoms with van der Waals surface area (Å²) in [6.07, 6.45) is 0.871. The van der Waals surface area contributed by atoms with E-state index in [0.717, 1.165) is 5.39 Å². The monoisotopic (exact) mass is 377 g/mol. The van der Waals surface area contributed by atoms with Crippen LogP contribution in [0.4, 0.5) is 11.4 Å². The molecule has 1 fully saturated rings. The smallest absolute Gasteiger partial charge is 0.358 e. The second-order valence-corrected chi connectivity index (χ2v) is 6.33. The van der Waals surface area contributed by atoms with Crippen molar-refractivity contribution >= 4 is 34.0 Å². The zero-order valence-electron chi connectivity index (χ0n) is 14.6. The Hall–Kier alpha value is -3.81. The first kappa shape index (κ1) is 17.6. The molecule has 1 amide bonds. The van der Waals surface area contributed by atoms with Gasteiger partial charge in [-0.25, -0.2) is 9.78 Å². The molecule has 1 aliphatic heterocycles. The number of hydrogen-bond acceptors (Lipinski definition) is 6. The first-order valence-electron chi connectivity index (χ1n) is 8.65. The molecule has 1 aliphatic rings. The number of amides is 1. The number of esters is 1. The van der Waals surface area contributed by atoms with Crippen molar-refractivity contribution in [3.05, 3.63) is 76.6 Å². The van der Waals surface area contributed by atoms with Gasteiger partial charge in [0, 0.05) is 36.7 Å². The third-order valence-electron chi connectivity index (χ3n) is 4.62. The van der Waals surface area contributed by atoms with Crippen molar-refractivity contribution in [2.45, 2.75) is 12.5 Å². The van der Waals surface area contributed by atoms with Crippen LogP contribution in [0.15, 0.2) is 60.8 Å². The third-order valence-corrected chi connectivity index (χ3v) is 4.62. The normalized spacial score (nSPS) is 16.4. The maximum atomic E-state index is 12.7. The highest BCUT2D eigenvalue weighted by molar-refractivity contribution is 6.05. The number of nitrogens with zero attached hydrogens (tertiary/aromatic N) is 3. The SMILES string of the molecule is O=C(OC1CCN(c2cccc([N+](=O)[O-])c2)C1=O)c1nccc2ccccc12. The summed E-state index contributed by atoms with van der Waals surface area (Å²) in [7, 11) is 0. The van der Waals surface area contributed by atoms with Crippen LogP contribution < -0.4 is 4.90 Å². The highest BCUT2D eigenvalue weighted by Gasteiger charge is 2.36. The molecule has 2 heterocycles. The molecule has 0 aliphatic carbocycles. The minimum Gasteiger partial charge on any atom is -0.447 e. The molecule has 1 atom stereocenters. The molecule has 0 bridgehead atoms. The van der Waals surface area contributed by atoms with Crippen LogP contribution in [0.1, 0.15) is 16.9 Å². The van der Waals surface area contributed by atoms with Gasteiger partial charge in [-0.3, -0.25) is 14.9 Å². The first-order valence-corrected chi connectivity index (χ1v) is 8.65. The molecule has 2 aromatic carbocycles. The van der Waals surface area contributed by atoms with Crippen LogP contribution in [0, 0.1) is 10.1 Å². The summed E-state index contributed by atoms with van der Waals surface area (Å²) in [6.45, 7) is 0.306. The summed E-state index contributed by atoms with van der Waals surface area (Å²) in [5, 5.41) is 12.4. The van der Waals surface area contributed by atoms with Crippen LogP contribution in [-0.2, 0) is 9.53 Å². The van der Waals surface area contributed by atoms with Crippen molar-refractivity contribution in [3.8, 4) is 0 Å². The largest absolute Gasteiger partial charge is 0.447 e. The lowest BCUT2D eigenvalue weighted by Crippen LogP contribution is -2.32. The highest BCUT2D eigenvalue weighted by Crippen LogP contribution is 2.27. The summed E-state index contributed by atoms with van der Waals surface area (Å²) < 4.78 is 5.42. The van der Waals surface area contributed by atoms with Gasteiger partial charge in [0.05, 0.1) is 10.6 Å². The molecule has 1 saturated heterocycles. The number of hydrogen-bond donors (Lipinski definition) is 0. The van der Waals surface area contributed by atoms with Crippen LogP contribution in [0.3, 0.4) is 0 Å². The Balaban J connectivity index is 1.53. The zero-order valence-corrected chi connectivity index (χ0v) is 14.6. The van der Waals surface area contributed by atoms with Crippen molar-refractivity contribution in [3.63, 3.8) is 0 Å². The molecular weight excluding hydrogens is 362 g/mol. The minimum absolute atomic E-state index is 0.106. The summed E-state index contributed by atoms with van der Waals surface area (Å²) in [6, 6.07) is 14.9. The standard InChI is InChI=1S/C20H15N3O5/c24-19-17(9-11-22(19)14-5-3-6-15(12-14)23(26)27)28-20(25)18-16-7-2-1-4-13(16)8-10-21-18/h1-8,10,12,17H,9,11H2. The van der Waals surface area contributed by atoms with Crippen LogP contribution in [0.25, 0.3) is 10.8 Å². The molecule has 0 spiro atoms. The molecule has 0 N–H and O–H groups in total. The lowest BCUT2D eigenvalue weighted by molar-refractivity contribution is -0.384. The Kier molecular flexibility index (Phi) is 4.44. The number of benzene rings is 2. The van der Waals surface area contributed by atoms with E-state index in [0.29, 0.717) is 24.0 Å². The Bertz CT molecular complexity index is 1090. The second-order valence-electron chi connectivity index (χ2n) is 6.33. The van der Waals surface area contributed by atoms with E-state index >= 15 is 0 Å². The number of carbonyl (C=O) groups excluding carboxylic acids is 2. The van der Waals surface area contributed by atoms with E-state index < -0.39 is 22.9 Å². The van der Waals surface area contributed by atoms with Gasteiger partial charge in [-0.05, 0) is 17.5 Å². The van der Waals surface area contributed by atoms with E-state index in [4.69, 9.17) is 4.74 Å².